The first-order valence-corrected chi connectivity index (χ1v) is 9.69. The van der Waals surface area contributed by atoms with Crippen LogP contribution in [0.15, 0.2) is 53.0 Å². The van der Waals surface area contributed by atoms with E-state index in [4.69, 9.17) is 0 Å². The largest absolute Gasteiger partial charge is 0.335 e. The number of nitrogens with zero attached hydrogens (tertiary/aromatic N) is 1. The van der Waals surface area contributed by atoms with Gasteiger partial charge in [0.05, 0.1) is 12.6 Å². The molecule has 0 radical (unpaired) electrons. The Bertz CT molecular complexity index is 792. The topological polar surface area (TPSA) is 61.4 Å². The van der Waals surface area contributed by atoms with Crippen LogP contribution in [0.25, 0.3) is 0 Å². The Morgan fingerprint density at radius 1 is 1.07 bits per heavy atom. The van der Waals surface area contributed by atoms with Gasteiger partial charge >= 0.3 is 0 Å². The fourth-order valence-corrected chi connectivity index (χ4v) is 3.45. The molecule has 6 heteroatoms. The molecule has 0 fully saturated rings. The molecule has 0 aliphatic carbocycles. The highest BCUT2D eigenvalue weighted by Crippen LogP contribution is 2.23. The summed E-state index contributed by atoms with van der Waals surface area (Å²) in [6, 6.07) is 15.0. The van der Waals surface area contributed by atoms with Crippen molar-refractivity contribution in [2.45, 2.75) is 32.9 Å². The zero-order chi connectivity index (χ0) is 20.0. The van der Waals surface area contributed by atoms with E-state index >= 15 is 0 Å². The number of benzene rings is 2. The minimum atomic E-state index is -0.413. The predicted octanol–water partition coefficient (Wildman–Crippen LogP) is 3.89. The molecule has 2 N–H and O–H groups in total. The van der Waals surface area contributed by atoms with E-state index in [9.17, 15) is 9.59 Å². The third-order valence-corrected chi connectivity index (χ3v) is 5.06. The van der Waals surface area contributed by atoms with Gasteiger partial charge in [0.2, 0.25) is 11.8 Å². The number of hydrogen-bond donors (Lipinski definition) is 2. The van der Waals surface area contributed by atoms with Gasteiger partial charge in [-0.15, -0.1) is 0 Å². The first-order chi connectivity index (χ1) is 12.8. The van der Waals surface area contributed by atoms with Crippen molar-refractivity contribution in [2.24, 2.45) is 0 Å². The summed E-state index contributed by atoms with van der Waals surface area (Å²) in [6.07, 6.45) is 0. The second kappa shape index (κ2) is 9.67. The van der Waals surface area contributed by atoms with Crippen molar-refractivity contribution in [3.8, 4) is 0 Å². The number of anilines is 1. The van der Waals surface area contributed by atoms with E-state index in [0.29, 0.717) is 0 Å². The molecular formula is C21H26BrN3O2. The van der Waals surface area contributed by atoms with E-state index in [1.807, 2.05) is 69.3 Å². The van der Waals surface area contributed by atoms with Gasteiger partial charge in [-0.25, -0.2) is 0 Å². The minimum Gasteiger partial charge on any atom is -0.335 e. The number of rotatable bonds is 7. The Balaban J connectivity index is 1.88. The third kappa shape index (κ3) is 6.19. The molecule has 0 unspecified atom stereocenters. The maximum atomic E-state index is 12.6. The predicted molar refractivity (Wildman–Crippen MR) is 113 cm³/mol. The molecule has 2 rings (SSSR count). The van der Waals surface area contributed by atoms with E-state index in [2.05, 4.69) is 26.6 Å². The van der Waals surface area contributed by atoms with Crippen molar-refractivity contribution in [2.75, 3.05) is 18.9 Å². The highest BCUT2D eigenvalue weighted by Gasteiger charge is 2.22. The van der Waals surface area contributed by atoms with Crippen molar-refractivity contribution in [1.29, 1.82) is 0 Å². The van der Waals surface area contributed by atoms with Gasteiger partial charge in [0.15, 0.2) is 0 Å². The van der Waals surface area contributed by atoms with Gasteiger partial charge in [0.1, 0.15) is 0 Å². The Hall–Kier alpha value is -2.18. The number of nitrogens with one attached hydrogen (secondary N) is 2. The fraction of sp³-hybridized carbons (Fsp3) is 0.333. The molecule has 27 heavy (non-hydrogen) atoms. The maximum Gasteiger partial charge on any atom is 0.243 e. The van der Waals surface area contributed by atoms with Crippen molar-refractivity contribution in [3.05, 3.63) is 64.1 Å². The van der Waals surface area contributed by atoms with Crippen molar-refractivity contribution in [3.63, 3.8) is 0 Å². The monoisotopic (exact) mass is 431 g/mol. The summed E-state index contributed by atoms with van der Waals surface area (Å²) in [4.78, 5) is 26.2. The van der Waals surface area contributed by atoms with Crippen LogP contribution in [0.2, 0.25) is 0 Å². The SMILES string of the molecule is Cc1ccc(NC(=O)CN(C)C(=O)[C@H](C)N[C@H](C)c2ccccc2Br)cc1. The smallest absolute Gasteiger partial charge is 0.243 e. The molecule has 2 amide bonds. The van der Waals surface area contributed by atoms with Gasteiger partial charge in [-0.1, -0.05) is 51.8 Å². The molecule has 0 spiro atoms. The lowest BCUT2D eigenvalue weighted by Gasteiger charge is -2.25. The summed E-state index contributed by atoms with van der Waals surface area (Å²) in [5.74, 6) is -0.353. The molecule has 2 aromatic rings. The molecule has 0 saturated heterocycles. The number of likely N-dealkylation sites (N-methyl/N-ethyl adjacent to an activating group) is 1. The fourth-order valence-electron chi connectivity index (χ4n) is 2.82. The molecule has 5 nitrogen and oxygen atoms in total. The summed E-state index contributed by atoms with van der Waals surface area (Å²) in [5, 5.41) is 6.10. The average molecular weight is 432 g/mol. The van der Waals surface area contributed by atoms with Crippen molar-refractivity contribution < 1.29 is 9.59 Å². The summed E-state index contributed by atoms with van der Waals surface area (Å²) in [5.41, 5.74) is 2.93. The van der Waals surface area contributed by atoms with Crippen LogP contribution in [-0.4, -0.2) is 36.3 Å². The zero-order valence-electron chi connectivity index (χ0n) is 16.1. The highest BCUT2D eigenvalue weighted by molar-refractivity contribution is 9.10. The van der Waals surface area contributed by atoms with E-state index < -0.39 is 6.04 Å². The lowest BCUT2D eigenvalue weighted by molar-refractivity contribution is -0.135. The van der Waals surface area contributed by atoms with E-state index in [-0.39, 0.29) is 24.4 Å². The van der Waals surface area contributed by atoms with Crippen molar-refractivity contribution in [1.82, 2.24) is 10.2 Å². The van der Waals surface area contributed by atoms with Crippen LogP contribution in [-0.2, 0) is 9.59 Å². The van der Waals surface area contributed by atoms with E-state index in [1.165, 1.54) is 4.90 Å². The Morgan fingerprint density at radius 3 is 2.33 bits per heavy atom. The average Bonchev–Trinajstić information content (AvgIpc) is 2.63. The van der Waals surface area contributed by atoms with Gasteiger partial charge in [-0.3, -0.25) is 14.9 Å². The van der Waals surface area contributed by atoms with Gasteiger partial charge in [0, 0.05) is 23.2 Å². The number of carbonyl (C=O) groups excluding carboxylic acids is 2. The number of amides is 2. The molecule has 2 atom stereocenters. The van der Waals surface area contributed by atoms with Gasteiger partial charge in [0.25, 0.3) is 0 Å². The highest BCUT2D eigenvalue weighted by atomic mass is 79.9. The molecule has 0 aromatic heterocycles. The summed E-state index contributed by atoms with van der Waals surface area (Å²) in [6.45, 7) is 5.81. The summed E-state index contributed by atoms with van der Waals surface area (Å²) >= 11 is 3.53. The molecule has 0 heterocycles. The first kappa shape index (κ1) is 21.1. The van der Waals surface area contributed by atoms with Crippen LogP contribution in [0.5, 0.6) is 0 Å². The van der Waals surface area contributed by atoms with Crippen molar-refractivity contribution >= 4 is 33.4 Å². The molecule has 2 aromatic carbocycles. The molecular weight excluding hydrogens is 406 g/mol. The van der Waals surface area contributed by atoms with Crippen LogP contribution in [0.4, 0.5) is 5.69 Å². The van der Waals surface area contributed by atoms with E-state index in [1.54, 1.807) is 7.05 Å². The Kier molecular flexibility index (Phi) is 7.56. The third-order valence-electron chi connectivity index (χ3n) is 4.33. The normalized spacial score (nSPS) is 12.9. The quantitative estimate of drug-likeness (QED) is 0.698. The van der Waals surface area contributed by atoms with E-state index in [0.717, 1.165) is 21.3 Å². The first-order valence-electron chi connectivity index (χ1n) is 8.90. The molecule has 0 bridgehead atoms. The van der Waals surface area contributed by atoms with Crippen LogP contribution in [0.1, 0.15) is 31.0 Å². The second-order valence-electron chi connectivity index (χ2n) is 6.74. The van der Waals surface area contributed by atoms with Crippen LogP contribution in [0, 0.1) is 6.92 Å². The van der Waals surface area contributed by atoms with Gasteiger partial charge < -0.3 is 10.2 Å². The Morgan fingerprint density at radius 2 is 1.70 bits per heavy atom. The van der Waals surface area contributed by atoms with Crippen LogP contribution < -0.4 is 10.6 Å². The minimum absolute atomic E-state index is 0.00213. The molecule has 0 aliphatic rings. The van der Waals surface area contributed by atoms with Gasteiger partial charge in [-0.2, -0.15) is 0 Å². The van der Waals surface area contributed by atoms with Crippen LogP contribution in [0.3, 0.4) is 0 Å². The second-order valence-corrected chi connectivity index (χ2v) is 7.59. The summed E-state index contributed by atoms with van der Waals surface area (Å²) < 4.78 is 0.996. The number of hydrogen-bond acceptors (Lipinski definition) is 3. The number of carbonyl (C=O) groups is 2. The number of halogens is 1. The van der Waals surface area contributed by atoms with Gasteiger partial charge in [-0.05, 0) is 44.5 Å². The summed E-state index contributed by atoms with van der Waals surface area (Å²) in [7, 11) is 1.64. The lowest BCUT2D eigenvalue weighted by atomic mass is 10.1. The lowest BCUT2D eigenvalue weighted by Crippen LogP contribution is -2.46. The Labute approximate surface area is 169 Å². The maximum absolute atomic E-state index is 12.6. The standard InChI is InChI=1S/C21H26BrN3O2/c1-14-9-11-17(12-10-14)24-20(26)13-25(4)21(27)16(3)23-15(2)18-7-5-6-8-19(18)22/h5-12,15-16,23H,13H2,1-4H3,(H,24,26)/t15-,16+/m1/s1. The molecule has 0 saturated carbocycles. The molecule has 144 valence electrons. The molecule has 0 aliphatic heterocycles. The number of aryl methyl sites for hydroxylation is 1. The van der Waals surface area contributed by atoms with Crippen LogP contribution >= 0.6 is 15.9 Å². The zero-order valence-corrected chi connectivity index (χ0v) is 17.7.